The predicted octanol–water partition coefficient (Wildman–Crippen LogP) is 2.54. The Kier molecular flexibility index (Phi) is 2.70. The van der Waals surface area contributed by atoms with E-state index in [9.17, 15) is 8.78 Å². The molecule has 0 N–H and O–H groups in total. The zero-order valence-electron chi connectivity index (χ0n) is 7.21. The van der Waals surface area contributed by atoms with Crippen LogP contribution in [0.1, 0.15) is 12.8 Å². The van der Waals surface area contributed by atoms with E-state index in [1.807, 2.05) is 4.90 Å². The maximum atomic E-state index is 12.8. The molecular weight excluding hydrogens is 276 g/mol. The minimum Gasteiger partial charge on any atom is -0.346 e. The Morgan fingerprint density at radius 2 is 1.93 bits per heavy atom. The number of hydrogen-bond donors (Lipinski definition) is 0. The third-order valence-corrected chi connectivity index (χ3v) is 3.57. The van der Waals surface area contributed by atoms with Gasteiger partial charge in [-0.2, -0.15) is 0 Å². The molecular formula is C7H8BrF2N3S. The number of piperidine rings is 1. The Balaban J connectivity index is 2.02. The van der Waals surface area contributed by atoms with Crippen LogP contribution in [0.2, 0.25) is 0 Å². The zero-order chi connectivity index (χ0) is 10.2. The van der Waals surface area contributed by atoms with Gasteiger partial charge >= 0.3 is 0 Å². The van der Waals surface area contributed by atoms with Crippen LogP contribution >= 0.6 is 27.3 Å². The van der Waals surface area contributed by atoms with Crippen molar-refractivity contribution < 1.29 is 8.78 Å². The van der Waals surface area contributed by atoms with Gasteiger partial charge in [0.1, 0.15) is 0 Å². The summed E-state index contributed by atoms with van der Waals surface area (Å²) in [6, 6.07) is 0. The van der Waals surface area contributed by atoms with E-state index >= 15 is 0 Å². The van der Waals surface area contributed by atoms with Crippen molar-refractivity contribution in [3.8, 4) is 0 Å². The van der Waals surface area contributed by atoms with Gasteiger partial charge in [-0.15, -0.1) is 10.2 Å². The number of hydrogen-bond acceptors (Lipinski definition) is 4. The molecule has 0 amide bonds. The van der Waals surface area contributed by atoms with Gasteiger partial charge in [0.25, 0.3) is 5.92 Å². The number of rotatable bonds is 1. The minimum atomic E-state index is -2.50. The first-order valence-electron chi connectivity index (χ1n) is 4.19. The smallest absolute Gasteiger partial charge is 0.251 e. The fourth-order valence-corrected chi connectivity index (χ4v) is 2.49. The molecule has 0 aromatic carbocycles. The van der Waals surface area contributed by atoms with E-state index in [0.717, 1.165) is 0 Å². The second kappa shape index (κ2) is 3.69. The second-order valence-corrected chi connectivity index (χ2v) is 5.41. The maximum absolute atomic E-state index is 12.8. The number of aromatic nitrogens is 2. The van der Waals surface area contributed by atoms with Crippen molar-refractivity contribution in [1.29, 1.82) is 0 Å². The van der Waals surface area contributed by atoms with E-state index < -0.39 is 5.92 Å². The van der Waals surface area contributed by atoms with Crippen LogP contribution < -0.4 is 4.90 Å². The SMILES string of the molecule is FC1(F)CCN(c2nnc(Br)s2)CC1. The van der Waals surface area contributed by atoms with E-state index in [-0.39, 0.29) is 12.8 Å². The van der Waals surface area contributed by atoms with Crippen LogP contribution in [0.25, 0.3) is 0 Å². The first kappa shape index (κ1) is 10.2. The first-order valence-corrected chi connectivity index (χ1v) is 5.80. The summed E-state index contributed by atoms with van der Waals surface area (Å²) >= 11 is 4.56. The molecule has 1 fully saturated rings. The van der Waals surface area contributed by atoms with Gasteiger partial charge in [-0.05, 0) is 15.9 Å². The fraction of sp³-hybridized carbons (Fsp3) is 0.714. The largest absolute Gasteiger partial charge is 0.346 e. The van der Waals surface area contributed by atoms with Crippen LogP contribution in [0.5, 0.6) is 0 Å². The van der Waals surface area contributed by atoms with Crippen LogP contribution in [-0.2, 0) is 0 Å². The van der Waals surface area contributed by atoms with E-state index in [4.69, 9.17) is 0 Å². The van der Waals surface area contributed by atoms with Gasteiger partial charge in [-0.1, -0.05) is 11.3 Å². The summed E-state index contributed by atoms with van der Waals surface area (Å²) in [6.45, 7) is 0.712. The lowest BCUT2D eigenvalue weighted by Crippen LogP contribution is -2.39. The zero-order valence-corrected chi connectivity index (χ0v) is 9.61. The van der Waals surface area contributed by atoms with Crippen molar-refractivity contribution >= 4 is 32.4 Å². The molecule has 14 heavy (non-hydrogen) atoms. The molecule has 0 atom stereocenters. The molecule has 1 aromatic heterocycles. The lowest BCUT2D eigenvalue weighted by atomic mass is 10.1. The summed E-state index contributed by atoms with van der Waals surface area (Å²) in [7, 11) is 0. The number of nitrogens with zero attached hydrogens (tertiary/aromatic N) is 3. The number of alkyl halides is 2. The van der Waals surface area contributed by atoms with Crippen LogP contribution in [0, 0.1) is 0 Å². The van der Waals surface area contributed by atoms with Crippen LogP contribution in [-0.4, -0.2) is 29.2 Å². The molecule has 0 unspecified atom stereocenters. The Morgan fingerprint density at radius 1 is 1.29 bits per heavy atom. The Labute approximate surface area is 92.3 Å². The molecule has 3 nitrogen and oxygen atoms in total. The molecule has 78 valence electrons. The normalized spacial score (nSPS) is 21.2. The highest BCUT2D eigenvalue weighted by Gasteiger charge is 2.34. The summed E-state index contributed by atoms with van der Waals surface area (Å²) in [5, 5.41) is 8.39. The lowest BCUT2D eigenvalue weighted by Gasteiger charge is -2.30. The molecule has 7 heteroatoms. The summed E-state index contributed by atoms with van der Waals surface area (Å²) in [6.07, 6.45) is -0.186. The van der Waals surface area contributed by atoms with Crippen LogP contribution in [0.15, 0.2) is 3.92 Å². The van der Waals surface area contributed by atoms with Crippen molar-refractivity contribution in [1.82, 2.24) is 10.2 Å². The molecule has 2 heterocycles. The highest BCUT2D eigenvalue weighted by atomic mass is 79.9. The molecule has 1 saturated heterocycles. The first-order chi connectivity index (χ1) is 6.57. The molecule has 0 bridgehead atoms. The van der Waals surface area contributed by atoms with Crippen molar-refractivity contribution in [2.75, 3.05) is 18.0 Å². The maximum Gasteiger partial charge on any atom is 0.251 e. The van der Waals surface area contributed by atoms with Gasteiger partial charge in [0, 0.05) is 25.9 Å². The van der Waals surface area contributed by atoms with Crippen molar-refractivity contribution in [3.05, 3.63) is 3.92 Å². The lowest BCUT2D eigenvalue weighted by molar-refractivity contribution is -0.0220. The molecule has 1 aliphatic rings. The average Bonchev–Trinajstić information content (AvgIpc) is 2.52. The predicted molar refractivity (Wildman–Crippen MR) is 54.0 cm³/mol. The molecule has 2 rings (SSSR count). The van der Waals surface area contributed by atoms with Crippen LogP contribution in [0.4, 0.5) is 13.9 Å². The quantitative estimate of drug-likeness (QED) is 0.793. The summed E-state index contributed by atoms with van der Waals surface area (Å²) in [5.74, 6) is -2.50. The number of halogens is 3. The Hall–Kier alpha value is -0.300. The van der Waals surface area contributed by atoms with Gasteiger partial charge in [-0.3, -0.25) is 0 Å². The highest BCUT2D eigenvalue weighted by Crippen LogP contribution is 2.32. The second-order valence-electron chi connectivity index (χ2n) is 3.18. The summed E-state index contributed by atoms with van der Waals surface area (Å²) < 4.78 is 26.3. The Bertz CT molecular complexity index is 320. The van der Waals surface area contributed by atoms with Crippen LogP contribution in [0.3, 0.4) is 0 Å². The average molecular weight is 284 g/mol. The van der Waals surface area contributed by atoms with Gasteiger partial charge in [0.15, 0.2) is 3.92 Å². The molecule has 0 saturated carbocycles. The summed E-state index contributed by atoms with van der Waals surface area (Å²) in [4.78, 5) is 1.85. The molecule has 1 aliphatic heterocycles. The topological polar surface area (TPSA) is 29.0 Å². The summed E-state index contributed by atoms with van der Waals surface area (Å²) in [5.41, 5.74) is 0. The van der Waals surface area contributed by atoms with Gasteiger partial charge < -0.3 is 4.90 Å². The van der Waals surface area contributed by atoms with Gasteiger partial charge in [0.2, 0.25) is 5.13 Å². The van der Waals surface area contributed by atoms with E-state index in [1.165, 1.54) is 11.3 Å². The van der Waals surface area contributed by atoms with E-state index in [0.29, 0.717) is 22.1 Å². The minimum absolute atomic E-state index is 0.0931. The molecule has 0 spiro atoms. The Morgan fingerprint density at radius 3 is 2.43 bits per heavy atom. The highest BCUT2D eigenvalue weighted by molar-refractivity contribution is 9.11. The fourth-order valence-electron chi connectivity index (χ4n) is 1.35. The standard InChI is InChI=1S/C7H8BrF2N3S/c8-5-11-12-6(14-5)13-3-1-7(9,10)2-4-13/h1-4H2. The molecule has 0 radical (unpaired) electrons. The number of anilines is 1. The third kappa shape index (κ3) is 2.20. The third-order valence-electron chi connectivity index (χ3n) is 2.16. The van der Waals surface area contributed by atoms with Crippen molar-refractivity contribution in [2.45, 2.75) is 18.8 Å². The molecule has 0 aliphatic carbocycles. The van der Waals surface area contributed by atoms with E-state index in [1.54, 1.807) is 0 Å². The van der Waals surface area contributed by atoms with Crippen molar-refractivity contribution in [2.24, 2.45) is 0 Å². The van der Waals surface area contributed by atoms with Crippen molar-refractivity contribution in [3.63, 3.8) is 0 Å². The van der Waals surface area contributed by atoms with E-state index in [2.05, 4.69) is 26.1 Å². The monoisotopic (exact) mass is 283 g/mol. The molecule has 1 aromatic rings. The van der Waals surface area contributed by atoms with Gasteiger partial charge in [0.05, 0.1) is 0 Å². The van der Waals surface area contributed by atoms with Gasteiger partial charge in [-0.25, -0.2) is 8.78 Å².